The molecule has 5 rings (SSSR count). The van der Waals surface area contributed by atoms with Crippen molar-refractivity contribution in [2.45, 2.75) is 24.7 Å². The van der Waals surface area contributed by atoms with Crippen LogP contribution in [0.4, 0.5) is 5.69 Å². The predicted octanol–water partition coefficient (Wildman–Crippen LogP) is 6.86. The minimum absolute atomic E-state index is 1.12. The summed E-state index contributed by atoms with van der Waals surface area (Å²) in [5, 5.41) is 2.58. The number of aromatic nitrogens is 1. The molecule has 1 aliphatic carbocycles. The van der Waals surface area contributed by atoms with Crippen molar-refractivity contribution in [2.24, 2.45) is 7.05 Å². The van der Waals surface area contributed by atoms with Crippen LogP contribution in [-0.4, -0.2) is 7.05 Å². The summed E-state index contributed by atoms with van der Waals surface area (Å²) in [6.45, 7) is 2.27. The molecular formula is C26H25N2S2+. The number of thioether (sulfide) groups is 1. The molecule has 0 fully saturated rings. The van der Waals surface area contributed by atoms with Crippen LogP contribution in [0.1, 0.15) is 24.8 Å². The van der Waals surface area contributed by atoms with Crippen LogP contribution >= 0.6 is 23.1 Å². The first-order valence-electron chi connectivity index (χ1n) is 10.3. The molecule has 0 saturated heterocycles. The number of aryl methyl sites for hydroxylation is 1. The smallest absolute Gasteiger partial charge is 0.262 e. The second-order valence-electron chi connectivity index (χ2n) is 7.78. The lowest BCUT2D eigenvalue weighted by molar-refractivity contribution is -0.642. The van der Waals surface area contributed by atoms with Gasteiger partial charge in [-0.05, 0) is 60.8 Å². The Morgan fingerprint density at radius 1 is 0.967 bits per heavy atom. The minimum Gasteiger partial charge on any atom is -0.338 e. The highest BCUT2D eigenvalue weighted by atomic mass is 32.2. The summed E-state index contributed by atoms with van der Waals surface area (Å²) in [5.41, 5.74) is 6.92. The summed E-state index contributed by atoms with van der Waals surface area (Å²) in [6.07, 6.45) is 11.4. The van der Waals surface area contributed by atoms with E-state index in [9.17, 15) is 0 Å². The van der Waals surface area contributed by atoms with E-state index in [1.807, 2.05) is 23.1 Å². The zero-order valence-electron chi connectivity index (χ0n) is 17.6. The fourth-order valence-corrected chi connectivity index (χ4v) is 6.25. The molecule has 150 valence electrons. The van der Waals surface area contributed by atoms with Crippen LogP contribution in [0.15, 0.2) is 93.4 Å². The van der Waals surface area contributed by atoms with E-state index < -0.39 is 0 Å². The summed E-state index contributed by atoms with van der Waals surface area (Å²) in [7, 11) is 4.30. The maximum Gasteiger partial charge on any atom is 0.262 e. The summed E-state index contributed by atoms with van der Waals surface area (Å²) >= 11 is 3.70. The molecule has 2 nitrogen and oxygen atoms in total. The van der Waals surface area contributed by atoms with Gasteiger partial charge in [0.2, 0.25) is 5.52 Å². The van der Waals surface area contributed by atoms with Crippen LogP contribution in [0.25, 0.3) is 16.3 Å². The first kappa shape index (κ1) is 19.4. The fraction of sp³-hybridized carbons (Fsp3) is 0.192. The molecule has 0 bridgehead atoms. The molecule has 4 heteroatoms. The van der Waals surface area contributed by atoms with Gasteiger partial charge >= 0.3 is 0 Å². The summed E-state index contributed by atoms with van der Waals surface area (Å²) in [5.74, 6) is 0. The summed E-state index contributed by atoms with van der Waals surface area (Å²) in [4.78, 5) is 3.62. The van der Waals surface area contributed by atoms with Crippen LogP contribution < -0.4 is 9.47 Å². The summed E-state index contributed by atoms with van der Waals surface area (Å²) < 4.78 is 3.62. The maximum atomic E-state index is 2.32. The van der Waals surface area contributed by atoms with E-state index >= 15 is 0 Å². The van der Waals surface area contributed by atoms with E-state index in [0.717, 1.165) is 12.8 Å². The van der Waals surface area contributed by atoms with Gasteiger partial charge in [0, 0.05) is 24.1 Å². The Morgan fingerprint density at radius 2 is 1.77 bits per heavy atom. The van der Waals surface area contributed by atoms with Crippen molar-refractivity contribution in [2.75, 3.05) is 11.9 Å². The van der Waals surface area contributed by atoms with Crippen molar-refractivity contribution in [1.82, 2.24) is 0 Å². The Bertz CT molecular complexity index is 1260. The number of thiazole rings is 1. The molecule has 0 amide bonds. The van der Waals surface area contributed by atoms with Crippen molar-refractivity contribution >= 4 is 45.1 Å². The SMILES string of the molecule is CC1=C(C=Cc2sc3ccccc3[n+]2C)CCC1=CC=C1Sc2ccccc2N1C. The molecule has 2 heterocycles. The normalized spacial score (nSPS) is 19.2. The van der Waals surface area contributed by atoms with E-state index in [-0.39, 0.29) is 0 Å². The Hall–Kier alpha value is -2.56. The van der Waals surface area contributed by atoms with E-state index in [1.54, 1.807) is 0 Å². The minimum atomic E-state index is 1.12. The molecule has 2 aromatic carbocycles. The summed E-state index contributed by atoms with van der Waals surface area (Å²) in [6, 6.07) is 17.2. The van der Waals surface area contributed by atoms with Crippen molar-refractivity contribution < 1.29 is 4.57 Å². The fourth-order valence-electron chi connectivity index (χ4n) is 4.14. The maximum absolute atomic E-state index is 2.32. The third-order valence-electron chi connectivity index (χ3n) is 6.02. The van der Waals surface area contributed by atoms with E-state index in [4.69, 9.17) is 0 Å². The van der Waals surface area contributed by atoms with Crippen molar-refractivity contribution in [3.63, 3.8) is 0 Å². The number of allylic oxidation sites excluding steroid dienone is 6. The number of anilines is 1. The van der Waals surface area contributed by atoms with Crippen LogP contribution in [0.3, 0.4) is 0 Å². The third kappa shape index (κ3) is 3.44. The monoisotopic (exact) mass is 429 g/mol. The van der Waals surface area contributed by atoms with Gasteiger partial charge in [-0.3, -0.25) is 0 Å². The quantitative estimate of drug-likeness (QED) is 0.420. The van der Waals surface area contributed by atoms with Gasteiger partial charge in [-0.2, -0.15) is 4.57 Å². The van der Waals surface area contributed by atoms with E-state index in [0.29, 0.717) is 0 Å². The molecule has 30 heavy (non-hydrogen) atoms. The third-order valence-corrected chi connectivity index (χ3v) is 8.39. The molecule has 0 saturated carbocycles. The lowest BCUT2D eigenvalue weighted by atomic mass is 10.1. The van der Waals surface area contributed by atoms with Crippen LogP contribution in [-0.2, 0) is 7.05 Å². The highest BCUT2D eigenvalue weighted by Crippen LogP contribution is 2.45. The lowest BCUT2D eigenvalue weighted by Gasteiger charge is -2.12. The highest BCUT2D eigenvalue weighted by Gasteiger charge is 2.21. The van der Waals surface area contributed by atoms with Crippen molar-refractivity contribution in [3.8, 4) is 0 Å². The van der Waals surface area contributed by atoms with Crippen LogP contribution in [0.2, 0.25) is 0 Å². The standard InChI is InChI=1S/C26H25N2S2/c1-18-19(14-16-25-27(2)21-8-4-6-10-23(21)29-25)12-13-20(18)15-17-26-28(3)22-9-5-7-11-24(22)30-26/h4-11,14-17H,12-13H2,1-3H3/q+1. The molecule has 0 spiro atoms. The zero-order valence-corrected chi connectivity index (χ0v) is 19.2. The molecule has 2 aliphatic rings. The topological polar surface area (TPSA) is 7.12 Å². The van der Waals surface area contributed by atoms with E-state index in [2.05, 4.69) is 103 Å². The highest BCUT2D eigenvalue weighted by molar-refractivity contribution is 8.03. The van der Waals surface area contributed by atoms with Gasteiger partial charge in [0.1, 0.15) is 11.7 Å². The van der Waals surface area contributed by atoms with Gasteiger partial charge < -0.3 is 4.90 Å². The Kier molecular flexibility index (Phi) is 5.13. The van der Waals surface area contributed by atoms with Gasteiger partial charge in [-0.25, -0.2) is 0 Å². The number of benzene rings is 2. The molecule has 0 radical (unpaired) electrons. The van der Waals surface area contributed by atoms with Gasteiger partial charge in [-0.1, -0.05) is 59.5 Å². The number of para-hydroxylation sites is 2. The molecule has 3 aromatic rings. The number of fused-ring (bicyclic) bond motifs is 2. The number of hydrogen-bond acceptors (Lipinski definition) is 3. The number of rotatable bonds is 3. The molecular weight excluding hydrogens is 404 g/mol. The van der Waals surface area contributed by atoms with Gasteiger partial charge in [0.05, 0.1) is 10.7 Å². The number of hydrogen-bond donors (Lipinski definition) is 0. The van der Waals surface area contributed by atoms with Gasteiger partial charge in [-0.15, -0.1) is 0 Å². The molecule has 0 N–H and O–H groups in total. The first-order valence-corrected chi connectivity index (χ1v) is 11.9. The van der Waals surface area contributed by atoms with Crippen molar-refractivity contribution in [1.29, 1.82) is 0 Å². The van der Waals surface area contributed by atoms with Crippen LogP contribution in [0.5, 0.6) is 0 Å². The average molecular weight is 430 g/mol. The predicted molar refractivity (Wildman–Crippen MR) is 131 cm³/mol. The zero-order chi connectivity index (χ0) is 20.7. The van der Waals surface area contributed by atoms with Gasteiger partial charge in [0.25, 0.3) is 5.01 Å². The first-order chi connectivity index (χ1) is 14.6. The molecule has 1 aromatic heterocycles. The molecule has 0 atom stereocenters. The van der Waals surface area contributed by atoms with Gasteiger partial charge in [0.15, 0.2) is 0 Å². The second kappa shape index (κ2) is 7.93. The lowest BCUT2D eigenvalue weighted by Crippen LogP contribution is -2.28. The number of nitrogens with zero attached hydrogens (tertiary/aromatic N) is 2. The Balaban J connectivity index is 1.37. The Morgan fingerprint density at radius 3 is 2.60 bits per heavy atom. The molecule has 1 aliphatic heterocycles. The van der Waals surface area contributed by atoms with Crippen molar-refractivity contribution in [3.05, 3.63) is 93.5 Å². The average Bonchev–Trinajstić information content (AvgIpc) is 3.39. The van der Waals surface area contributed by atoms with Crippen LogP contribution in [0, 0.1) is 0 Å². The Labute approximate surface area is 186 Å². The van der Waals surface area contributed by atoms with E-state index in [1.165, 1.54) is 47.6 Å². The second-order valence-corrected chi connectivity index (χ2v) is 9.90. The largest absolute Gasteiger partial charge is 0.338 e. The molecule has 0 unspecified atom stereocenters.